The predicted octanol–water partition coefficient (Wildman–Crippen LogP) is 2.08. The number of nitrogens with zero attached hydrogens (tertiary/aromatic N) is 1. The zero-order chi connectivity index (χ0) is 13.0. The maximum absolute atomic E-state index is 11.6. The lowest BCUT2D eigenvalue weighted by atomic mass is 10.1. The minimum Gasteiger partial charge on any atom is -0.361 e. The molecule has 1 fully saturated rings. The van der Waals surface area contributed by atoms with Crippen molar-refractivity contribution in [1.29, 1.82) is 0 Å². The molecular formula is C13H21N3O2. The number of amides is 2. The van der Waals surface area contributed by atoms with Gasteiger partial charge < -0.3 is 15.2 Å². The van der Waals surface area contributed by atoms with Gasteiger partial charge in [-0.15, -0.1) is 0 Å². The van der Waals surface area contributed by atoms with Gasteiger partial charge in [-0.3, -0.25) is 0 Å². The summed E-state index contributed by atoms with van der Waals surface area (Å²) in [6.07, 6.45) is 5.43. The summed E-state index contributed by atoms with van der Waals surface area (Å²) in [6.45, 7) is 4.43. The van der Waals surface area contributed by atoms with Crippen LogP contribution in [0.2, 0.25) is 0 Å². The van der Waals surface area contributed by atoms with Gasteiger partial charge >= 0.3 is 6.03 Å². The quantitative estimate of drug-likeness (QED) is 0.861. The minimum absolute atomic E-state index is 0.0614. The first-order valence-corrected chi connectivity index (χ1v) is 6.63. The smallest absolute Gasteiger partial charge is 0.315 e. The fraction of sp³-hybridized carbons (Fsp3) is 0.692. The lowest BCUT2D eigenvalue weighted by Gasteiger charge is -2.12. The Morgan fingerprint density at radius 3 is 2.72 bits per heavy atom. The standard InChI is InChI=1S/C13H21N3O2/c1-9-12(10(2)18-16-9)7-8-14-13(17)15-11-5-3-4-6-11/h11H,3-8H2,1-2H3,(H2,14,15,17). The average molecular weight is 251 g/mol. The summed E-state index contributed by atoms with van der Waals surface area (Å²) in [4.78, 5) is 11.6. The number of aromatic nitrogens is 1. The molecule has 0 aromatic carbocycles. The van der Waals surface area contributed by atoms with Crippen LogP contribution >= 0.6 is 0 Å². The highest BCUT2D eigenvalue weighted by atomic mass is 16.5. The average Bonchev–Trinajstić information content (AvgIpc) is 2.93. The number of rotatable bonds is 4. The van der Waals surface area contributed by atoms with Gasteiger partial charge in [-0.1, -0.05) is 18.0 Å². The first kappa shape index (κ1) is 12.9. The Bertz CT molecular complexity index is 389. The van der Waals surface area contributed by atoms with E-state index in [1.807, 2.05) is 13.8 Å². The van der Waals surface area contributed by atoms with Crippen LogP contribution in [0.25, 0.3) is 0 Å². The Labute approximate surface area is 107 Å². The van der Waals surface area contributed by atoms with Crippen LogP contribution in [0.15, 0.2) is 4.52 Å². The van der Waals surface area contributed by atoms with E-state index in [4.69, 9.17) is 4.52 Å². The molecule has 1 aromatic rings. The van der Waals surface area contributed by atoms with Crippen LogP contribution in [0.4, 0.5) is 4.79 Å². The van der Waals surface area contributed by atoms with E-state index in [9.17, 15) is 4.79 Å². The Kier molecular flexibility index (Phi) is 4.23. The van der Waals surface area contributed by atoms with Crippen molar-refractivity contribution in [1.82, 2.24) is 15.8 Å². The molecule has 2 amide bonds. The van der Waals surface area contributed by atoms with Gasteiger partial charge in [0.1, 0.15) is 5.76 Å². The Morgan fingerprint density at radius 2 is 2.11 bits per heavy atom. The molecule has 2 rings (SSSR count). The second-order valence-corrected chi connectivity index (χ2v) is 4.93. The van der Waals surface area contributed by atoms with Gasteiger partial charge in [-0.2, -0.15) is 0 Å². The summed E-state index contributed by atoms with van der Waals surface area (Å²) >= 11 is 0. The van der Waals surface area contributed by atoms with Crippen molar-refractivity contribution in [3.63, 3.8) is 0 Å². The van der Waals surface area contributed by atoms with Gasteiger partial charge in [-0.25, -0.2) is 4.79 Å². The number of urea groups is 1. The summed E-state index contributed by atoms with van der Waals surface area (Å²) in [5, 5.41) is 9.78. The van der Waals surface area contributed by atoms with Gasteiger partial charge in [0.15, 0.2) is 0 Å². The third kappa shape index (κ3) is 3.24. The maximum Gasteiger partial charge on any atom is 0.315 e. The van der Waals surface area contributed by atoms with Crippen LogP contribution in [0, 0.1) is 13.8 Å². The molecule has 1 heterocycles. The molecule has 0 radical (unpaired) electrons. The first-order valence-electron chi connectivity index (χ1n) is 6.63. The third-order valence-corrected chi connectivity index (χ3v) is 3.53. The van der Waals surface area contributed by atoms with Gasteiger partial charge in [0.05, 0.1) is 5.69 Å². The molecule has 0 unspecified atom stereocenters. The molecule has 1 aliphatic carbocycles. The van der Waals surface area contributed by atoms with Crippen LogP contribution in [0.3, 0.4) is 0 Å². The summed E-state index contributed by atoms with van der Waals surface area (Å²) < 4.78 is 5.08. The number of carbonyl (C=O) groups excluding carboxylic acids is 1. The number of aryl methyl sites for hydroxylation is 2. The molecule has 1 aromatic heterocycles. The molecule has 5 nitrogen and oxygen atoms in total. The number of nitrogens with one attached hydrogen (secondary N) is 2. The van der Waals surface area contributed by atoms with E-state index in [-0.39, 0.29) is 6.03 Å². The highest BCUT2D eigenvalue weighted by Crippen LogP contribution is 2.17. The van der Waals surface area contributed by atoms with Crippen LogP contribution in [0.1, 0.15) is 42.7 Å². The topological polar surface area (TPSA) is 67.2 Å². The molecule has 0 atom stereocenters. The molecule has 2 N–H and O–H groups in total. The second kappa shape index (κ2) is 5.89. The monoisotopic (exact) mass is 251 g/mol. The molecule has 18 heavy (non-hydrogen) atoms. The summed E-state index contributed by atoms with van der Waals surface area (Å²) in [6, 6.07) is 0.303. The molecule has 0 spiro atoms. The molecule has 1 saturated carbocycles. The predicted molar refractivity (Wildman–Crippen MR) is 68.5 cm³/mol. The number of hydrogen-bond donors (Lipinski definition) is 2. The van der Waals surface area contributed by atoms with Crippen molar-refractivity contribution in [2.24, 2.45) is 0 Å². The van der Waals surface area contributed by atoms with Crippen molar-refractivity contribution >= 4 is 6.03 Å². The second-order valence-electron chi connectivity index (χ2n) is 4.93. The van der Waals surface area contributed by atoms with Gasteiger partial charge in [0.25, 0.3) is 0 Å². The largest absolute Gasteiger partial charge is 0.361 e. The van der Waals surface area contributed by atoms with E-state index < -0.39 is 0 Å². The van der Waals surface area contributed by atoms with Crippen molar-refractivity contribution in [3.05, 3.63) is 17.0 Å². The Hall–Kier alpha value is -1.52. The van der Waals surface area contributed by atoms with E-state index in [0.29, 0.717) is 12.6 Å². The molecule has 5 heteroatoms. The molecule has 1 aliphatic rings. The fourth-order valence-electron chi connectivity index (χ4n) is 2.47. The fourth-order valence-corrected chi connectivity index (χ4v) is 2.47. The first-order chi connectivity index (χ1) is 8.66. The highest BCUT2D eigenvalue weighted by Gasteiger charge is 2.16. The molecular weight excluding hydrogens is 230 g/mol. The van der Waals surface area contributed by atoms with E-state index in [1.165, 1.54) is 12.8 Å². The number of hydrogen-bond acceptors (Lipinski definition) is 3. The SMILES string of the molecule is Cc1noc(C)c1CCNC(=O)NC1CCCC1. The van der Waals surface area contributed by atoms with Crippen molar-refractivity contribution in [2.45, 2.75) is 52.0 Å². The zero-order valence-corrected chi connectivity index (χ0v) is 11.1. The Morgan fingerprint density at radius 1 is 1.39 bits per heavy atom. The van der Waals surface area contributed by atoms with Crippen molar-refractivity contribution in [2.75, 3.05) is 6.54 Å². The van der Waals surface area contributed by atoms with Crippen LogP contribution in [0.5, 0.6) is 0 Å². The molecule has 0 saturated heterocycles. The van der Waals surface area contributed by atoms with Crippen molar-refractivity contribution in [3.8, 4) is 0 Å². The Balaban J connectivity index is 1.70. The van der Waals surface area contributed by atoms with E-state index in [0.717, 1.165) is 36.3 Å². The molecule has 100 valence electrons. The van der Waals surface area contributed by atoms with Crippen LogP contribution in [-0.4, -0.2) is 23.8 Å². The summed E-state index contributed by atoms with van der Waals surface area (Å²) in [7, 11) is 0. The zero-order valence-electron chi connectivity index (χ0n) is 11.1. The summed E-state index contributed by atoms with van der Waals surface area (Å²) in [5.74, 6) is 0.838. The van der Waals surface area contributed by atoms with Crippen LogP contribution in [-0.2, 0) is 6.42 Å². The normalized spacial score (nSPS) is 15.9. The minimum atomic E-state index is -0.0614. The lowest BCUT2D eigenvalue weighted by molar-refractivity contribution is 0.237. The van der Waals surface area contributed by atoms with E-state index >= 15 is 0 Å². The highest BCUT2D eigenvalue weighted by molar-refractivity contribution is 5.74. The van der Waals surface area contributed by atoms with E-state index in [1.54, 1.807) is 0 Å². The third-order valence-electron chi connectivity index (χ3n) is 3.53. The van der Waals surface area contributed by atoms with Crippen LogP contribution < -0.4 is 10.6 Å². The van der Waals surface area contributed by atoms with Crippen molar-refractivity contribution < 1.29 is 9.32 Å². The molecule has 0 aliphatic heterocycles. The maximum atomic E-state index is 11.6. The lowest BCUT2D eigenvalue weighted by Crippen LogP contribution is -2.41. The number of carbonyl (C=O) groups is 1. The van der Waals surface area contributed by atoms with Gasteiger partial charge in [-0.05, 0) is 33.1 Å². The van der Waals surface area contributed by atoms with Gasteiger partial charge in [0, 0.05) is 18.2 Å². The van der Waals surface area contributed by atoms with E-state index in [2.05, 4.69) is 15.8 Å². The summed E-state index contributed by atoms with van der Waals surface area (Å²) in [5.41, 5.74) is 2.00. The van der Waals surface area contributed by atoms with Gasteiger partial charge in [0.2, 0.25) is 0 Å². The molecule has 0 bridgehead atoms.